The van der Waals surface area contributed by atoms with Gasteiger partial charge in [-0.3, -0.25) is 4.40 Å². The Hall–Kier alpha value is -0.910. The number of imidazole rings is 1. The highest BCUT2D eigenvalue weighted by Crippen LogP contribution is 2.23. The number of hydrogen-bond acceptors (Lipinski definition) is 4. The average molecular weight is 295 g/mol. The van der Waals surface area contributed by atoms with E-state index in [1.54, 1.807) is 11.3 Å². The molecular weight excluding hydrogens is 270 g/mol. The molecule has 2 N–H and O–H groups in total. The summed E-state index contributed by atoms with van der Waals surface area (Å²) in [6.07, 6.45) is 4.07. The van der Waals surface area contributed by atoms with Crippen molar-refractivity contribution >= 4 is 16.3 Å². The standard InChI is InChI=1S/C15H25N3OS/c1-11-9-18-13(12(2)17-14(18)20-11)8-16-10-15(3,4)6-5-7-19/h9,16,19H,5-8,10H2,1-4H3. The molecule has 5 heteroatoms. The van der Waals surface area contributed by atoms with Crippen LogP contribution < -0.4 is 5.32 Å². The third-order valence-electron chi connectivity index (χ3n) is 3.65. The molecule has 0 aliphatic rings. The van der Waals surface area contributed by atoms with Crippen LogP contribution in [0, 0.1) is 19.3 Å². The Morgan fingerprint density at radius 3 is 2.85 bits per heavy atom. The molecule has 2 heterocycles. The second kappa shape index (κ2) is 6.24. The van der Waals surface area contributed by atoms with Gasteiger partial charge in [-0.15, -0.1) is 11.3 Å². The van der Waals surface area contributed by atoms with E-state index in [-0.39, 0.29) is 12.0 Å². The number of thiazole rings is 1. The summed E-state index contributed by atoms with van der Waals surface area (Å²) in [5, 5.41) is 12.5. The number of aryl methyl sites for hydroxylation is 2. The minimum atomic E-state index is 0.213. The van der Waals surface area contributed by atoms with Gasteiger partial charge < -0.3 is 10.4 Å². The van der Waals surface area contributed by atoms with Gasteiger partial charge in [0.2, 0.25) is 0 Å². The van der Waals surface area contributed by atoms with Crippen LogP contribution in [-0.4, -0.2) is 27.6 Å². The molecule has 0 radical (unpaired) electrons. The Morgan fingerprint density at radius 2 is 2.15 bits per heavy atom. The fraction of sp³-hybridized carbons (Fsp3) is 0.667. The monoisotopic (exact) mass is 295 g/mol. The quantitative estimate of drug-likeness (QED) is 0.826. The van der Waals surface area contributed by atoms with Gasteiger partial charge in [0, 0.05) is 30.8 Å². The van der Waals surface area contributed by atoms with Crippen molar-refractivity contribution in [2.24, 2.45) is 5.41 Å². The zero-order valence-corrected chi connectivity index (χ0v) is 13.7. The minimum Gasteiger partial charge on any atom is -0.396 e. The van der Waals surface area contributed by atoms with Crippen molar-refractivity contribution in [3.63, 3.8) is 0 Å². The largest absolute Gasteiger partial charge is 0.396 e. The van der Waals surface area contributed by atoms with E-state index in [0.29, 0.717) is 0 Å². The van der Waals surface area contributed by atoms with Gasteiger partial charge in [-0.2, -0.15) is 0 Å². The molecular formula is C15H25N3OS. The lowest BCUT2D eigenvalue weighted by atomic mass is 9.88. The van der Waals surface area contributed by atoms with Gasteiger partial charge in [0.25, 0.3) is 0 Å². The number of fused-ring (bicyclic) bond motifs is 1. The number of nitrogens with zero attached hydrogens (tertiary/aromatic N) is 2. The Balaban J connectivity index is 1.97. The fourth-order valence-corrected chi connectivity index (χ4v) is 3.38. The lowest BCUT2D eigenvalue weighted by Gasteiger charge is -2.24. The second-order valence-electron chi connectivity index (χ2n) is 6.23. The molecule has 0 aliphatic carbocycles. The maximum Gasteiger partial charge on any atom is 0.194 e. The van der Waals surface area contributed by atoms with Crippen LogP contribution in [0.5, 0.6) is 0 Å². The smallest absolute Gasteiger partial charge is 0.194 e. The van der Waals surface area contributed by atoms with Crippen LogP contribution >= 0.6 is 11.3 Å². The van der Waals surface area contributed by atoms with Crippen molar-refractivity contribution in [3.8, 4) is 0 Å². The molecule has 0 fully saturated rings. The van der Waals surface area contributed by atoms with Crippen LogP contribution in [0.1, 0.15) is 43.0 Å². The molecule has 0 unspecified atom stereocenters. The van der Waals surface area contributed by atoms with Gasteiger partial charge in [0.15, 0.2) is 4.96 Å². The number of aliphatic hydroxyl groups is 1. The summed E-state index contributed by atoms with van der Waals surface area (Å²) in [7, 11) is 0. The van der Waals surface area contributed by atoms with Crippen molar-refractivity contribution in [1.29, 1.82) is 0 Å². The van der Waals surface area contributed by atoms with Crippen LogP contribution in [0.15, 0.2) is 6.20 Å². The van der Waals surface area contributed by atoms with Crippen LogP contribution in [0.2, 0.25) is 0 Å². The summed E-state index contributed by atoms with van der Waals surface area (Å²) >= 11 is 1.73. The maximum atomic E-state index is 8.93. The number of hydrogen-bond donors (Lipinski definition) is 2. The van der Waals surface area contributed by atoms with Crippen LogP contribution in [0.3, 0.4) is 0 Å². The van der Waals surface area contributed by atoms with Crippen LogP contribution in [-0.2, 0) is 6.54 Å². The average Bonchev–Trinajstić information content (AvgIpc) is 2.84. The van der Waals surface area contributed by atoms with Crippen molar-refractivity contribution in [2.75, 3.05) is 13.2 Å². The predicted octanol–water partition coefficient (Wildman–Crippen LogP) is 2.90. The zero-order valence-electron chi connectivity index (χ0n) is 12.9. The van der Waals surface area contributed by atoms with Gasteiger partial charge in [-0.1, -0.05) is 13.8 Å². The summed E-state index contributed by atoms with van der Waals surface area (Å²) < 4.78 is 2.20. The summed E-state index contributed by atoms with van der Waals surface area (Å²) in [5.41, 5.74) is 2.57. The number of nitrogens with one attached hydrogen (secondary N) is 1. The van der Waals surface area contributed by atoms with E-state index >= 15 is 0 Å². The molecule has 0 amide bonds. The Kier molecular flexibility index (Phi) is 4.83. The van der Waals surface area contributed by atoms with E-state index in [2.05, 4.69) is 48.6 Å². The molecule has 0 saturated carbocycles. The van der Waals surface area contributed by atoms with Gasteiger partial charge in [0.1, 0.15) is 0 Å². The SMILES string of the molecule is Cc1cn2c(CNCC(C)(C)CCCO)c(C)nc2s1. The number of aromatic nitrogens is 2. The Morgan fingerprint density at radius 1 is 1.40 bits per heavy atom. The predicted molar refractivity (Wildman–Crippen MR) is 84.4 cm³/mol. The molecule has 2 rings (SSSR count). The lowest BCUT2D eigenvalue weighted by molar-refractivity contribution is 0.236. The minimum absolute atomic E-state index is 0.213. The van der Waals surface area contributed by atoms with E-state index in [1.807, 2.05) is 0 Å². The fourth-order valence-electron chi connectivity index (χ4n) is 2.49. The Bertz CT molecular complexity index is 571. The summed E-state index contributed by atoms with van der Waals surface area (Å²) in [6, 6.07) is 0. The first-order valence-electron chi connectivity index (χ1n) is 7.18. The topological polar surface area (TPSA) is 49.6 Å². The highest BCUT2D eigenvalue weighted by molar-refractivity contribution is 7.17. The van der Waals surface area contributed by atoms with Gasteiger partial charge >= 0.3 is 0 Å². The molecule has 0 saturated heterocycles. The molecule has 4 nitrogen and oxygen atoms in total. The summed E-state index contributed by atoms with van der Waals surface area (Å²) in [5.74, 6) is 0. The van der Waals surface area contributed by atoms with E-state index in [4.69, 9.17) is 5.11 Å². The van der Waals surface area contributed by atoms with Crippen LogP contribution in [0.4, 0.5) is 0 Å². The van der Waals surface area contributed by atoms with Gasteiger partial charge in [-0.05, 0) is 32.1 Å². The number of aliphatic hydroxyl groups excluding tert-OH is 1. The molecule has 0 aromatic carbocycles. The second-order valence-corrected chi connectivity index (χ2v) is 7.45. The zero-order chi connectivity index (χ0) is 14.8. The first-order chi connectivity index (χ1) is 9.43. The first kappa shape index (κ1) is 15.5. The van der Waals surface area contributed by atoms with E-state index in [1.165, 1.54) is 10.6 Å². The molecule has 0 spiro atoms. The van der Waals surface area contributed by atoms with E-state index in [0.717, 1.165) is 36.6 Å². The number of rotatable bonds is 7. The van der Waals surface area contributed by atoms with Crippen LogP contribution in [0.25, 0.3) is 4.96 Å². The summed E-state index contributed by atoms with van der Waals surface area (Å²) in [4.78, 5) is 6.98. The molecule has 0 atom stereocenters. The van der Waals surface area contributed by atoms with Crippen molar-refractivity contribution in [2.45, 2.75) is 47.1 Å². The van der Waals surface area contributed by atoms with Crippen molar-refractivity contribution < 1.29 is 5.11 Å². The normalized spacial score (nSPS) is 12.4. The molecule has 112 valence electrons. The highest BCUT2D eigenvalue weighted by atomic mass is 32.1. The van der Waals surface area contributed by atoms with Crippen molar-refractivity contribution in [3.05, 3.63) is 22.5 Å². The Labute approximate surface area is 124 Å². The molecule has 0 bridgehead atoms. The van der Waals surface area contributed by atoms with Gasteiger partial charge in [-0.25, -0.2) is 4.98 Å². The van der Waals surface area contributed by atoms with Gasteiger partial charge in [0.05, 0.1) is 11.4 Å². The third kappa shape index (κ3) is 3.59. The third-order valence-corrected chi connectivity index (χ3v) is 4.55. The van der Waals surface area contributed by atoms with Crippen molar-refractivity contribution in [1.82, 2.24) is 14.7 Å². The van der Waals surface area contributed by atoms with E-state index in [9.17, 15) is 0 Å². The molecule has 2 aromatic heterocycles. The summed E-state index contributed by atoms with van der Waals surface area (Å²) in [6.45, 7) is 10.7. The molecule has 2 aromatic rings. The molecule has 20 heavy (non-hydrogen) atoms. The molecule has 0 aliphatic heterocycles. The maximum absolute atomic E-state index is 8.93. The highest BCUT2D eigenvalue weighted by Gasteiger charge is 2.17. The first-order valence-corrected chi connectivity index (χ1v) is 8.00. The van der Waals surface area contributed by atoms with E-state index < -0.39 is 0 Å². The lowest BCUT2D eigenvalue weighted by Crippen LogP contribution is -2.29.